The van der Waals surface area contributed by atoms with E-state index in [2.05, 4.69) is 10.2 Å². The van der Waals surface area contributed by atoms with Gasteiger partial charge in [-0.25, -0.2) is 0 Å². The smallest absolute Gasteiger partial charge is 0.267 e. The number of rotatable bonds is 1. The molecule has 0 atom stereocenters. The highest BCUT2D eigenvalue weighted by Gasteiger charge is 1.99. The van der Waals surface area contributed by atoms with Gasteiger partial charge in [-0.3, -0.25) is 9.89 Å². The molecule has 0 spiro atoms. The fourth-order valence-electron chi connectivity index (χ4n) is 0.810. The van der Waals surface area contributed by atoms with Gasteiger partial charge in [0.05, 0.1) is 0 Å². The molecule has 0 aliphatic rings. The van der Waals surface area contributed by atoms with Gasteiger partial charge in [-0.05, 0) is 13.3 Å². The highest BCUT2D eigenvalue weighted by atomic mass is 16.1. The van der Waals surface area contributed by atoms with Gasteiger partial charge in [0.25, 0.3) is 5.56 Å². The Kier molecular flexibility index (Phi) is 1.42. The van der Waals surface area contributed by atoms with E-state index in [0.29, 0.717) is 0 Å². The van der Waals surface area contributed by atoms with E-state index in [1.165, 1.54) is 0 Å². The van der Waals surface area contributed by atoms with Crippen molar-refractivity contribution >= 4 is 0 Å². The minimum Gasteiger partial charge on any atom is -0.302 e. The first-order valence-electron chi connectivity index (χ1n) is 3.01. The Bertz CT molecular complexity index is 246. The fraction of sp³-hybridized carbons (Fsp3) is 0.500. The summed E-state index contributed by atoms with van der Waals surface area (Å²) in [6, 6.07) is 0. The molecule has 2 N–H and O–H groups in total. The van der Waals surface area contributed by atoms with E-state index in [0.717, 1.165) is 17.7 Å². The fourth-order valence-corrected chi connectivity index (χ4v) is 0.810. The maximum atomic E-state index is 10.7. The SMILES string of the molecule is CCc1[nH][nH]c(=O)c1C. The standard InChI is InChI=1S/C6H10N2O/c1-3-5-4(2)6(9)8-7-5/h3H2,1-2H3,(H2,7,8,9). The molecule has 0 aliphatic carbocycles. The quantitative estimate of drug-likeness (QED) is 0.568. The summed E-state index contributed by atoms with van der Waals surface area (Å²) in [6.07, 6.45) is 0.880. The molecule has 1 aromatic heterocycles. The average Bonchev–Trinajstić information content (AvgIpc) is 2.15. The second-order valence-corrected chi connectivity index (χ2v) is 2.04. The topological polar surface area (TPSA) is 48.6 Å². The number of hydrogen-bond acceptors (Lipinski definition) is 1. The predicted octanol–water partition coefficient (Wildman–Crippen LogP) is 0.574. The summed E-state index contributed by atoms with van der Waals surface area (Å²) >= 11 is 0. The average molecular weight is 126 g/mol. The summed E-state index contributed by atoms with van der Waals surface area (Å²) in [5.41, 5.74) is 1.80. The van der Waals surface area contributed by atoms with Crippen molar-refractivity contribution in [2.45, 2.75) is 20.3 Å². The van der Waals surface area contributed by atoms with Crippen molar-refractivity contribution in [3.05, 3.63) is 21.6 Å². The van der Waals surface area contributed by atoms with Crippen LogP contribution in [0.4, 0.5) is 0 Å². The molecule has 3 heteroatoms. The van der Waals surface area contributed by atoms with E-state index in [9.17, 15) is 4.79 Å². The molecule has 1 aromatic rings. The van der Waals surface area contributed by atoms with Crippen LogP contribution in [0.1, 0.15) is 18.2 Å². The van der Waals surface area contributed by atoms with Gasteiger partial charge >= 0.3 is 0 Å². The number of hydrogen-bond donors (Lipinski definition) is 2. The van der Waals surface area contributed by atoms with E-state index in [4.69, 9.17) is 0 Å². The van der Waals surface area contributed by atoms with Gasteiger partial charge in [0.15, 0.2) is 0 Å². The molecule has 1 rings (SSSR count). The molecule has 1 heterocycles. The monoisotopic (exact) mass is 126 g/mol. The molecular weight excluding hydrogens is 116 g/mol. The molecule has 0 bridgehead atoms. The number of H-pyrrole nitrogens is 2. The molecule has 0 amide bonds. The Morgan fingerprint density at radius 3 is 2.33 bits per heavy atom. The Hall–Kier alpha value is -0.990. The molecule has 0 aliphatic heterocycles. The molecule has 0 saturated heterocycles. The molecule has 0 fully saturated rings. The first kappa shape index (κ1) is 6.13. The van der Waals surface area contributed by atoms with Gasteiger partial charge in [0.2, 0.25) is 0 Å². The van der Waals surface area contributed by atoms with Crippen LogP contribution in [-0.4, -0.2) is 10.2 Å². The lowest BCUT2D eigenvalue weighted by Crippen LogP contribution is -2.01. The third-order valence-corrected chi connectivity index (χ3v) is 1.47. The zero-order valence-electron chi connectivity index (χ0n) is 5.62. The van der Waals surface area contributed by atoms with Crippen LogP contribution in [0.2, 0.25) is 0 Å². The Labute approximate surface area is 53.1 Å². The van der Waals surface area contributed by atoms with Gasteiger partial charge in [0, 0.05) is 11.3 Å². The van der Waals surface area contributed by atoms with E-state index < -0.39 is 0 Å². The van der Waals surface area contributed by atoms with Crippen LogP contribution < -0.4 is 5.56 Å². The van der Waals surface area contributed by atoms with Crippen LogP contribution in [-0.2, 0) is 6.42 Å². The van der Waals surface area contributed by atoms with Crippen LogP contribution >= 0.6 is 0 Å². The Morgan fingerprint density at radius 2 is 2.11 bits per heavy atom. The summed E-state index contributed by atoms with van der Waals surface area (Å²) in [4.78, 5) is 10.7. The molecule has 0 unspecified atom stereocenters. The highest BCUT2D eigenvalue weighted by molar-refractivity contribution is 5.13. The lowest BCUT2D eigenvalue weighted by molar-refractivity contribution is 0.961. The summed E-state index contributed by atoms with van der Waals surface area (Å²) < 4.78 is 0. The lowest BCUT2D eigenvalue weighted by Gasteiger charge is -1.86. The van der Waals surface area contributed by atoms with Crippen molar-refractivity contribution in [1.82, 2.24) is 10.2 Å². The molecule has 0 saturated carbocycles. The summed E-state index contributed by atoms with van der Waals surface area (Å²) in [5, 5.41) is 5.29. The van der Waals surface area contributed by atoms with Gasteiger partial charge in [-0.1, -0.05) is 6.92 Å². The van der Waals surface area contributed by atoms with E-state index in [1.807, 2.05) is 13.8 Å². The number of nitrogens with one attached hydrogen (secondary N) is 2. The molecule has 3 nitrogen and oxygen atoms in total. The maximum absolute atomic E-state index is 10.7. The van der Waals surface area contributed by atoms with Gasteiger partial charge in [-0.2, -0.15) is 0 Å². The molecule has 50 valence electrons. The highest BCUT2D eigenvalue weighted by Crippen LogP contribution is 1.95. The second-order valence-electron chi connectivity index (χ2n) is 2.04. The zero-order chi connectivity index (χ0) is 6.85. The maximum Gasteiger partial charge on any atom is 0.267 e. The largest absolute Gasteiger partial charge is 0.302 e. The summed E-state index contributed by atoms with van der Waals surface area (Å²) in [7, 11) is 0. The Balaban J connectivity index is 3.20. The second kappa shape index (κ2) is 2.09. The third kappa shape index (κ3) is 0.896. The van der Waals surface area contributed by atoms with Gasteiger partial charge < -0.3 is 5.10 Å². The van der Waals surface area contributed by atoms with Crippen molar-refractivity contribution in [3.63, 3.8) is 0 Å². The molecule has 0 radical (unpaired) electrons. The van der Waals surface area contributed by atoms with Crippen molar-refractivity contribution in [3.8, 4) is 0 Å². The van der Waals surface area contributed by atoms with Crippen LogP contribution in [0.25, 0.3) is 0 Å². The van der Waals surface area contributed by atoms with Crippen molar-refractivity contribution < 1.29 is 0 Å². The first-order chi connectivity index (χ1) is 4.25. The van der Waals surface area contributed by atoms with Crippen molar-refractivity contribution in [1.29, 1.82) is 0 Å². The van der Waals surface area contributed by atoms with Gasteiger partial charge in [0.1, 0.15) is 0 Å². The molecular formula is C6H10N2O. The minimum absolute atomic E-state index is 0.00755. The summed E-state index contributed by atoms with van der Waals surface area (Å²) in [5.74, 6) is 0. The number of aromatic amines is 2. The summed E-state index contributed by atoms with van der Waals surface area (Å²) in [6.45, 7) is 3.82. The van der Waals surface area contributed by atoms with E-state index in [-0.39, 0.29) is 5.56 Å². The van der Waals surface area contributed by atoms with Crippen LogP contribution in [0.3, 0.4) is 0 Å². The molecule has 9 heavy (non-hydrogen) atoms. The lowest BCUT2D eigenvalue weighted by atomic mass is 10.2. The number of aromatic nitrogens is 2. The molecule has 0 aromatic carbocycles. The van der Waals surface area contributed by atoms with Crippen molar-refractivity contribution in [2.24, 2.45) is 0 Å². The third-order valence-electron chi connectivity index (χ3n) is 1.47. The van der Waals surface area contributed by atoms with Crippen LogP contribution in [0, 0.1) is 6.92 Å². The van der Waals surface area contributed by atoms with Crippen molar-refractivity contribution in [2.75, 3.05) is 0 Å². The van der Waals surface area contributed by atoms with Gasteiger partial charge in [-0.15, -0.1) is 0 Å². The number of aryl methyl sites for hydroxylation is 1. The van der Waals surface area contributed by atoms with E-state index >= 15 is 0 Å². The van der Waals surface area contributed by atoms with Crippen LogP contribution in [0.15, 0.2) is 4.79 Å². The van der Waals surface area contributed by atoms with E-state index in [1.54, 1.807) is 0 Å². The minimum atomic E-state index is -0.00755. The zero-order valence-corrected chi connectivity index (χ0v) is 5.62. The Morgan fingerprint density at radius 1 is 1.44 bits per heavy atom. The van der Waals surface area contributed by atoms with Crippen LogP contribution in [0.5, 0.6) is 0 Å². The predicted molar refractivity (Wildman–Crippen MR) is 35.5 cm³/mol. The first-order valence-corrected chi connectivity index (χ1v) is 3.01. The normalized spacial score (nSPS) is 10.0.